The molecule has 12 heteroatoms. The molecule has 4 heterocycles. The minimum Gasteiger partial charge on any atom is -0.457 e. The van der Waals surface area contributed by atoms with Gasteiger partial charge in [0.2, 0.25) is 0 Å². The number of nitrogens with zero attached hydrogens (tertiary/aromatic N) is 6. The molecule has 0 radical (unpaired) electrons. The maximum absolute atomic E-state index is 15.7. The number of benzene rings is 2. The molecule has 268 valence electrons. The van der Waals surface area contributed by atoms with Gasteiger partial charge in [-0.05, 0) is 107 Å². The van der Waals surface area contributed by atoms with Gasteiger partial charge in [0.25, 0.3) is 11.5 Å². The van der Waals surface area contributed by atoms with Crippen LogP contribution in [0.5, 0.6) is 11.5 Å². The molecule has 2 aliphatic heterocycles. The zero-order valence-corrected chi connectivity index (χ0v) is 29.4. The Morgan fingerprint density at radius 3 is 2.35 bits per heavy atom. The predicted molar refractivity (Wildman–Crippen MR) is 190 cm³/mol. The lowest BCUT2D eigenvalue weighted by Gasteiger charge is -2.43. The number of carbonyl (C=O) groups is 1. The Balaban J connectivity index is 1.08. The second kappa shape index (κ2) is 15.0. The van der Waals surface area contributed by atoms with Gasteiger partial charge in [0.15, 0.2) is 0 Å². The fourth-order valence-electron chi connectivity index (χ4n) is 7.20. The highest BCUT2D eigenvalue weighted by molar-refractivity contribution is 5.95. The maximum Gasteiger partial charge on any atom is 0.269 e. The summed E-state index contributed by atoms with van der Waals surface area (Å²) in [4.78, 5) is 35.0. The normalized spacial score (nSPS) is 20.4. The van der Waals surface area contributed by atoms with Gasteiger partial charge in [-0.2, -0.15) is 10.2 Å². The lowest BCUT2D eigenvalue weighted by atomic mass is 9.96. The Morgan fingerprint density at radius 2 is 1.69 bits per heavy atom. The number of rotatable bonds is 10. The molecule has 0 spiro atoms. The molecule has 1 aliphatic carbocycles. The van der Waals surface area contributed by atoms with Gasteiger partial charge in [0.1, 0.15) is 23.5 Å². The number of likely N-dealkylation sites (tertiary alicyclic amines) is 2. The highest BCUT2D eigenvalue weighted by Crippen LogP contribution is 2.33. The smallest absolute Gasteiger partial charge is 0.269 e. The summed E-state index contributed by atoms with van der Waals surface area (Å²) in [6.07, 6.45) is 6.62. The first-order valence-corrected chi connectivity index (χ1v) is 18.0. The van der Waals surface area contributed by atoms with Crippen LogP contribution in [0.25, 0.3) is 11.3 Å². The minimum absolute atomic E-state index is 0.0170. The zero-order valence-electron chi connectivity index (χ0n) is 29.4. The highest BCUT2D eigenvalue weighted by Gasteiger charge is 2.37. The number of carbonyl (C=O) groups excluding carboxylic acids is 1. The number of piperidine rings is 2. The van der Waals surface area contributed by atoms with Gasteiger partial charge in [0, 0.05) is 42.5 Å². The SMILES string of the molecule is Cc1cn(Cc2cc(F)c(C(=O)NC3CCN(C4CCN(C5CC5)CC4)CC3F)cc2Oc2ccc(-c3ccc(C(C)C)nn3)cc2)c(=O)cn1. The quantitative estimate of drug-likeness (QED) is 0.219. The molecule has 1 saturated carbocycles. The van der Waals surface area contributed by atoms with Gasteiger partial charge < -0.3 is 19.5 Å². The molecule has 10 nitrogen and oxygen atoms in total. The van der Waals surface area contributed by atoms with Crippen LogP contribution in [0.2, 0.25) is 0 Å². The summed E-state index contributed by atoms with van der Waals surface area (Å²) in [5.74, 6) is -0.605. The average Bonchev–Trinajstić information content (AvgIpc) is 3.98. The summed E-state index contributed by atoms with van der Waals surface area (Å²) in [7, 11) is 0. The monoisotopic (exact) mass is 697 g/mol. The molecule has 2 unspecified atom stereocenters. The van der Waals surface area contributed by atoms with Crippen molar-refractivity contribution < 1.29 is 18.3 Å². The van der Waals surface area contributed by atoms with Gasteiger partial charge in [-0.15, -0.1) is 0 Å². The lowest BCUT2D eigenvalue weighted by Crippen LogP contribution is -2.56. The van der Waals surface area contributed by atoms with E-state index in [1.807, 2.05) is 24.3 Å². The van der Waals surface area contributed by atoms with Crippen LogP contribution in [0, 0.1) is 12.7 Å². The second-order valence-electron chi connectivity index (χ2n) is 14.4. The van der Waals surface area contributed by atoms with Crippen LogP contribution >= 0.6 is 0 Å². The second-order valence-corrected chi connectivity index (χ2v) is 14.4. The molecular formula is C39H45F2N7O3. The van der Waals surface area contributed by atoms with Gasteiger partial charge >= 0.3 is 0 Å². The number of ether oxygens (including phenoxy) is 1. The van der Waals surface area contributed by atoms with E-state index in [1.54, 1.807) is 25.3 Å². The van der Waals surface area contributed by atoms with Crippen LogP contribution in [-0.4, -0.2) is 85.9 Å². The summed E-state index contributed by atoms with van der Waals surface area (Å²) in [6.45, 7) is 8.90. The van der Waals surface area contributed by atoms with E-state index in [2.05, 4.69) is 44.1 Å². The molecular weight excluding hydrogens is 652 g/mol. The topological polar surface area (TPSA) is 105 Å². The molecule has 7 rings (SSSR count). The number of amides is 1. The Morgan fingerprint density at radius 1 is 0.961 bits per heavy atom. The third kappa shape index (κ3) is 8.18. The largest absolute Gasteiger partial charge is 0.457 e. The Kier molecular flexibility index (Phi) is 10.2. The zero-order chi connectivity index (χ0) is 35.6. The number of nitrogens with one attached hydrogen (secondary N) is 1. The van der Waals surface area contributed by atoms with Crippen molar-refractivity contribution in [1.29, 1.82) is 0 Å². The van der Waals surface area contributed by atoms with E-state index in [0.29, 0.717) is 41.7 Å². The number of hydrogen-bond acceptors (Lipinski definition) is 8. The maximum atomic E-state index is 15.7. The van der Waals surface area contributed by atoms with E-state index >= 15 is 8.78 Å². The standard InChI is InChI=1S/C39H45F2N7O3/c1-24(2)34-10-11-35(45-44-34)26-4-8-30(9-5-26)51-37-19-31(32(40)18-27(37)22-48-21-25(3)42-20-38(48)49)39(50)43-36-14-17-47(23-33(36)41)29-12-15-46(16-13-29)28-6-7-28/h4-5,8-11,18-21,24,28-29,33,36H,6-7,12-17,22-23H2,1-3H3,(H,43,50). The van der Waals surface area contributed by atoms with E-state index in [1.165, 1.54) is 35.7 Å². The molecule has 1 N–H and O–H groups in total. The van der Waals surface area contributed by atoms with Crippen molar-refractivity contribution in [3.63, 3.8) is 0 Å². The van der Waals surface area contributed by atoms with Gasteiger partial charge in [-0.25, -0.2) is 8.78 Å². The van der Waals surface area contributed by atoms with Crippen LogP contribution in [0.4, 0.5) is 8.78 Å². The molecule has 2 aromatic heterocycles. The third-order valence-electron chi connectivity index (χ3n) is 10.4. The highest BCUT2D eigenvalue weighted by atomic mass is 19.1. The number of alkyl halides is 1. The summed E-state index contributed by atoms with van der Waals surface area (Å²) >= 11 is 0. The Labute approximate surface area is 296 Å². The van der Waals surface area contributed by atoms with Crippen molar-refractivity contribution in [3.8, 4) is 22.8 Å². The van der Waals surface area contributed by atoms with Crippen molar-refractivity contribution in [1.82, 2.24) is 34.9 Å². The lowest BCUT2D eigenvalue weighted by molar-refractivity contribution is 0.0394. The van der Waals surface area contributed by atoms with E-state index < -0.39 is 23.9 Å². The van der Waals surface area contributed by atoms with Crippen LogP contribution in [0.15, 0.2) is 65.7 Å². The molecule has 2 atom stereocenters. The minimum atomic E-state index is -1.27. The number of aromatic nitrogens is 4. The molecule has 2 aromatic carbocycles. The van der Waals surface area contributed by atoms with Crippen LogP contribution in [-0.2, 0) is 6.54 Å². The summed E-state index contributed by atoms with van der Waals surface area (Å²) in [6, 6.07) is 14.0. The molecule has 51 heavy (non-hydrogen) atoms. The summed E-state index contributed by atoms with van der Waals surface area (Å²) in [5, 5.41) is 11.4. The van der Waals surface area contributed by atoms with Crippen molar-refractivity contribution >= 4 is 5.91 Å². The van der Waals surface area contributed by atoms with Crippen molar-refractivity contribution in [2.75, 3.05) is 26.2 Å². The predicted octanol–water partition coefficient (Wildman–Crippen LogP) is 5.88. The van der Waals surface area contributed by atoms with Crippen LogP contribution in [0.3, 0.4) is 0 Å². The van der Waals surface area contributed by atoms with Crippen LogP contribution < -0.4 is 15.6 Å². The van der Waals surface area contributed by atoms with Crippen molar-refractivity contribution in [3.05, 3.63) is 99.6 Å². The first-order valence-electron chi connectivity index (χ1n) is 18.0. The van der Waals surface area contributed by atoms with Crippen LogP contribution in [0.1, 0.15) is 79.2 Å². The molecule has 2 saturated heterocycles. The molecule has 3 aliphatic rings. The number of aryl methyl sites for hydroxylation is 1. The van der Waals surface area contributed by atoms with E-state index in [9.17, 15) is 9.59 Å². The first kappa shape index (κ1) is 34.9. The van der Waals surface area contributed by atoms with E-state index in [0.717, 1.165) is 43.2 Å². The first-order chi connectivity index (χ1) is 24.6. The number of halogens is 2. The Bertz CT molecular complexity index is 1910. The number of hydrogen-bond donors (Lipinski definition) is 1. The van der Waals surface area contributed by atoms with Gasteiger partial charge in [-0.1, -0.05) is 13.8 Å². The van der Waals surface area contributed by atoms with Crippen molar-refractivity contribution in [2.24, 2.45) is 0 Å². The Hall–Kier alpha value is -4.55. The molecule has 1 amide bonds. The third-order valence-corrected chi connectivity index (χ3v) is 10.4. The average molecular weight is 698 g/mol. The van der Waals surface area contributed by atoms with Gasteiger partial charge in [-0.3, -0.25) is 19.5 Å². The fourth-order valence-corrected chi connectivity index (χ4v) is 7.20. The summed E-state index contributed by atoms with van der Waals surface area (Å²) < 4.78 is 39.0. The van der Waals surface area contributed by atoms with E-state index in [4.69, 9.17) is 4.74 Å². The van der Waals surface area contributed by atoms with E-state index in [-0.39, 0.29) is 35.9 Å². The fraction of sp³-hybridized carbons (Fsp3) is 0.462. The van der Waals surface area contributed by atoms with Crippen molar-refractivity contribution in [2.45, 2.75) is 89.6 Å². The molecule has 0 bridgehead atoms. The van der Waals surface area contributed by atoms with Gasteiger partial charge in [0.05, 0.1) is 41.4 Å². The molecule has 3 fully saturated rings. The molecule has 4 aromatic rings. The summed E-state index contributed by atoms with van der Waals surface area (Å²) in [5.41, 5.74) is 2.78.